The Bertz CT molecular complexity index is 703. The molecule has 9 heteroatoms. The number of hydrogen-bond donors (Lipinski definition) is 1. The van der Waals surface area contributed by atoms with Gasteiger partial charge in [0, 0.05) is 31.8 Å². The molecule has 124 valence electrons. The molecule has 1 N–H and O–H groups in total. The third-order valence-electron chi connectivity index (χ3n) is 2.91. The van der Waals surface area contributed by atoms with Gasteiger partial charge >= 0.3 is 6.61 Å². The number of nitrogens with zero attached hydrogens (tertiary/aromatic N) is 2. The zero-order valence-corrected chi connectivity index (χ0v) is 12.0. The standard InChI is InChI=1S/C14H13F4N3O2/c1-21-7-8(6-19-21)2-3-13(22)20-11-4-10(16)12(5-9(11)15)23-14(17)18/h4-7,14H,2-3H2,1H3,(H,20,22). The fourth-order valence-electron chi connectivity index (χ4n) is 1.88. The van der Waals surface area contributed by atoms with E-state index in [2.05, 4.69) is 15.2 Å². The maximum atomic E-state index is 13.7. The molecule has 5 nitrogen and oxygen atoms in total. The van der Waals surface area contributed by atoms with Crippen LogP contribution >= 0.6 is 0 Å². The van der Waals surface area contributed by atoms with Crippen molar-refractivity contribution in [2.75, 3.05) is 5.32 Å². The monoisotopic (exact) mass is 331 g/mol. The fraction of sp³-hybridized carbons (Fsp3) is 0.286. The third kappa shape index (κ3) is 4.70. The predicted molar refractivity (Wildman–Crippen MR) is 73.1 cm³/mol. The number of benzene rings is 1. The first kappa shape index (κ1) is 16.8. The minimum Gasteiger partial charge on any atom is -0.432 e. The molecular weight excluding hydrogens is 318 g/mol. The molecule has 1 aromatic heterocycles. The summed E-state index contributed by atoms with van der Waals surface area (Å²) < 4.78 is 56.6. The molecule has 0 unspecified atom stereocenters. The SMILES string of the molecule is Cn1cc(CCC(=O)Nc2cc(F)c(OC(F)F)cc2F)cn1. The van der Waals surface area contributed by atoms with E-state index in [1.165, 1.54) is 0 Å². The van der Waals surface area contributed by atoms with Crippen LogP contribution in [-0.2, 0) is 18.3 Å². The van der Waals surface area contributed by atoms with E-state index in [1.807, 2.05) is 0 Å². The highest BCUT2D eigenvalue weighted by atomic mass is 19.3. The predicted octanol–water partition coefficient (Wildman–Crippen LogP) is 2.87. The smallest absolute Gasteiger partial charge is 0.387 e. The van der Waals surface area contributed by atoms with Gasteiger partial charge in [-0.15, -0.1) is 0 Å². The molecule has 2 aromatic rings. The van der Waals surface area contributed by atoms with Crippen molar-refractivity contribution in [3.63, 3.8) is 0 Å². The highest BCUT2D eigenvalue weighted by Gasteiger charge is 2.16. The normalized spacial score (nSPS) is 10.9. The lowest BCUT2D eigenvalue weighted by Gasteiger charge is -2.10. The van der Waals surface area contributed by atoms with Crippen molar-refractivity contribution in [2.24, 2.45) is 7.05 Å². The zero-order chi connectivity index (χ0) is 17.0. The van der Waals surface area contributed by atoms with Gasteiger partial charge in [-0.3, -0.25) is 9.48 Å². The van der Waals surface area contributed by atoms with Gasteiger partial charge < -0.3 is 10.1 Å². The number of nitrogens with one attached hydrogen (secondary N) is 1. The number of aromatic nitrogens is 2. The van der Waals surface area contributed by atoms with Crippen molar-refractivity contribution in [3.05, 3.63) is 41.7 Å². The number of amides is 1. The first-order chi connectivity index (χ1) is 10.8. The first-order valence-electron chi connectivity index (χ1n) is 6.56. The van der Waals surface area contributed by atoms with Gasteiger partial charge in [0.25, 0.3) is 0 Å². The molecule has 0 atom stereocenters. The lowest BCUT2D eigenvalue weighted by molar-refractivity contribution is -0.116. The number of hydrogen-bond acceptors (Lipinski definition) is 3. The quantitative estimate of drug-likeness (QED) is 0.828. The van der Waals surface area contributed by atoms with Crippen molar-refractivity contribution in [1.82, 2.24) is 9.78 Å². The number of ether oxygens (including phenoxy) is 1. The van der Waals surface area contributed by atoms with Crippen LogP contribution in [0.15, 0.2) is 24.5 Å². The Morgan fingerprint density at radius 1 is 1.35 bits per heavy atom. The minimum atomic E-state index is -3.27. The van der Waals surface area contributed by atoms with Crippen LogP contribution in [0, 0.1) is 11.6 Å². The molecule has 0 spiro atoms. The van der Waals surface area contributed by atoms with Crippen molar-refractivity contribution in [1.29, 1.82) is 0 Å². The first-order valence-corrected chi connectivity index (χ1v) is 6.56. The summed E-state index contributed by atoms with van der Waals surface area (Å²) in [4.78, 5) is 11.7. The van der Waals surface area contributed by atoms with E-state index in [4.69, 9.17) is 0 Å². The lowest BCUT2D eigenvalue weighted by atomic mass is 10.2. The van der Waals surface area contributed by atoms with Gasteiger partial charge in [0.05, 0.1) is 11.9 Å². The number of rotatable bonds is 6. The zero-order valence-electron chi connectivity index (χ0n) is 12.0. The second-order valence-electron chi connectivity index (χ2n) is 4.71. The van der Waals surface area contributed by atoms with Gasteiger partial charge in [0.15, 0.2) is 17.4 Å². The summed E-state index contributed by atoms with van der Waals surface area (Å²) in [6.45, 7) is -3.27. The number of anilines is 1. The van der Waals surface area contributed by atoms with Gasteiger partial charge in [-0.25, -0.2) is 8.78 Å². The third-order valence-corrected chi connectivity index (χ3v) is 2.91. The van der Waals surface area contributed by atoms with Gasteiger partial charge in [0.1, 0.15) is 0 Å². The van der Waals surface area contributed by atoms with E-state index >= 15 is 0 Å². The maximum Gasteiger partial charge on any atom is 0.387 e. The minimum absolute atomic E-state index is 0.0298. The summed E-state index contributed by atoms with van der Waals surface area (Å²) in [5, 5.41) is 6.12. The molecule has 0 radical (unpaired) electrons. The van der Waals surface area contributed by atoms with Crippen LogP contribution in [0.3, 0.4) is 0 Å². The number of carbonyl (C=O) groups excluding carboxylic acids is 1. The van der Waals surface area contributed by atoms with E-state index < -0.39 is 35.6 Å². The molecule has 0 fully saturated rings. The van der Waals surface area contributed by atoms with Crippen molar-refractivity contribution in [2.45, 2.75) is 19.5 Å². The van der Waals surface area contributed by atoms with Crippen LogP contribution in [-0.4, -0.2) is 22.3 Å². The molecule has 0 saturated heterocycles. The number of carbonyl (C=O) groups is 1. The molecular formula is C14H13F4N3O2. The summed E-state index contributed by atoms with van der Waals surface area (Å²) in [6, 6.07) is 1.05. The summed E-state index contributed by atoms with van der Waals surface area (Å²) >= 11 is 0. The van der Waals surface area contributed by atoms with Crippen LogP contribution in [0.1, 0.15) is 12.0 Å². The molecule has 0 bridgehead atoms. The second-order valence-corrected chi connectivity index (χ2v) is 4.71. The second kappa shape index (κ2) is 7.12. The molecule has 0 saturated carbocycles. The van der Waals surface area contributed by atoms with E-state index in [0.717, 1.165) is 5.56 Å². The van der Waals surface area contributed by atoms with Crippen molar-refractivity contribution >= 4 is 11.6 Å². The van der Waals surface area contributed by atoms with Gasteiger partial charge in [-0.1, -0.05) is 0 Å². The number of aryl methyl sites for hydroxylation is 2. The van der Waals surface area contributed by atoms with E-state index in [1.54, 1.807) is 24.1 Å². The Morgan fingerprint density at radius 3 is 2.70 bits per heavy atom. The summed E-state index contributed by atoms with van der Waals surface area (Å²) in [7, 11) is 1.73. The Hall–Kier alpha value is -2.58. The molecule has 2 rings (SSSR count). The molecule has 0 aliphatic rings. The Morgan fingerprint density at radius 2 is 2.09 bits per heavy atom. The van der Waals surface area contributed by atoms with Crippen LogP contribution in [0.25, 0.3) is 0 Å². The molecule has 1 amide bonds. The van der Waals surface area contributed by atoms with Crippen LogP contribution in [0.4, 0.5) is 23.2 Å². The molecule has 23 heavy (non-hydrogen) atoms. The number of halogens is 4. The van der Waals surface area contributed by atoms with Gasteiger partial charge in [0.2, 0.25) is 5.91 Å². The van der Waals surface area contributed by atoms with E-state index in [-0.39, 0.29) is 6.42 Å². The Balaban J connectivity index is 1.98. The highest BCUT2D eigenvalue weighted by Crippen LogP contribution is 2.26. The van der Waals surface area contributed by atoms with Gasteiger partial charge in [-0.05, 0) is 12.0 Å². The fourth-order valence-corrected chi connectivity index (χ4v) is 1.88. The number of alkyl halides is 2. The van der Waals surface area contributed by atoms with E-state index in [0.29, 0.717) is 18.6 Å². The summed E-state index contributed by atoms with van der Waals surface area (Å²) in [6.07, 6.45) is 3.71. The molecule has 0 aliphatic heterocycles. The molecule has 1 aromatic carbocycles. The average molecular weight is 331 g/mol. The highest BCUT2D eigenvalue weighted by molar-refractivity contribution is 5.91. The van der Waals surface area contributed by atoms with Crippen molar-refractivity contribution in [3.8, 4) is 5.75 Å². The van der Waals surface area contributed by atoms with E-state index in [9.17, 15) is 22.4 Å². The topological polar surface area (TPSA) is 56.2 Å². The summed E-state index contributed by atoms with van der Waals surface area (Å²) in [5.74, 6) is -3.74. The van der Waals surface area contributed by atoms with Crippen LogP contribution < -0.4 is 10.1 Å². The summed E-state index contributed by atoms with van der Waals surface area (Å²) in [5.41, 5.74) is 0.371. The molecule has 1 heterocycles. The molecule has 0 aliphatic carbocycles. The van der Waals surface area contributed by atoms with Crippen molar-refractivity contribution < 1.29 is 27.1 Å². The van der Waals surface area contributed by atoms with Crippen LogP contribution in [0.2, 0.25) is 0 Å². The average Bonchev–Trinajstić information content (AvgIpc) is 2.87. The lowest BCUT2D eigenvalue weighted by Crippen LogP contribution is -2.14. The Kier molecular flexibility index (Phi) is 5.20. The largest absolute Gasteiger partial charge is 0.432 e. The van der Waals surface area contributed by atoms with Gasteiger partial charge in [-0.2, -0.15) is 13.9 Å². The Labute approximate surface area is 128 Å². The van der Waals surface area contributed by atoms with Crippen LogP contribution in [0.5, 0.6) is 5.75 Å². The maximum absolute atomic E-state index is 13.7.